The van der Waals surface area contributed by atoms with Crippen LogP contribution < -0.4 is 10.2 Å². The summed E-state index contributed by atoms with van der Waals surface area (Å²) in [6.07, 6.45) is 0.825. The molecule has 3 aromatic rings. The molecule has 1 aromatic heterocycles. The largest absolute Gasteiger partial charge is 0.486 e. The number of benzene rings is 2. The van der Waals surface area contributed by atoms with Crippen molar-refractivity contribution in [2.75, 3.05) is 6.61 Å². The zero-order valence-corrected chi connectivity index (χ0v) is 13.7. The second-order valence-electron chi connectivity index (χ2n) is 4.94. The van der Waals surface area contributed by atoms with Gasteiger partial charge in [0.25, 0.3) is 0 Å². The first-order valence-electron chi connectivity index (χ1n) is 7.15. The molecular weight excluding hydrogens is 344 g/mol. The quantitative estimate of drug-likeness (QED) is 0.657. The first kappa shape index (κ1) is 14.9. The SMILES string of the molecule is CCCOc1c(-c2ccc(Br)cc2)oc2ccccc2c1=O. The standard InChI is InChI=1S/C18H15BrO3/c1-2-11-21-18-16(20)14-5-3-4-6-15(14)22-17(18)12-7-9-13(19)10-8-12/h3-10H,2,11H2,1H3. The summed E-state index contributed by atoms with van der Waals surface area (Å²) < 4.78 is 12.6. The Morgan fingerprint density at radius 2 is 1.82 bits per heavy atom. The fourth-order valence-corrected chi connectivity index (χ4v) is 2.52. The molecule has 0 bridgehead atoms. The van der Waals surface area contributed by atoms with Crippen LogP contribution in [0.5, 0.6) is 5.75 Å². The van der Waals surface area contributed by atoms with Crippen molar-refractivity contribution in [1.29, 1.82) is 0 Å². The molecule has 0 saturated heterocycles. The second kappa shape index (κ2) is 6.36. The molecule has 0 spiro atoms. The fraction of sp³-hybridized carbons (Fsp3) is 0.167. The Hall–Kier alpha value is -2.07. The third-order valence-corrected chi connectivity index (χ3v) is 3.84. The topological polar surface area (TPSA) is 39.4 Å². The lowest BCUT2D eigenvalue weighted by Crippen LogP contribution is -2.10. The van der Waals surface area contributed by atoms with E-state index >= 15 is 0 Å². The molecule has 3 rings (SSSR count). The molecule has 0 aliphatic carbocycles. The van der Waals surface area contributed by atoms with Crippen molar-refractivity contribution in [3.8, 4) is 17.1 Å². The maximum absolute atomic E-state index is 12.7. The Labute approximate surface area is 136 Å². The Morgan fingerprint density at radius 3 is 2.55 bits per heavy atom. The Kier molecular flexibility index (Phi) is 4.29. The van der Waals surface area contributed by atoms with Crippen LogP contribution in [-0.2, 0) is 0 Å². The van der Waals surface area contributed by atoms with Gasteiger partial charge in [-0.15, -0.1) is 0 Å². The lowest BCUT2D eigenvalue weighted by molar-refractivity contribution is 0.309. The molecule has 22 heavy (non-hydrogen) atoms. The van der Waals surface area contributed by atoms with Crippen LogP contribution in [0.25, 0.3) is 22.3 Å². The van der Waals surface area contributed by atoms with Gasteiger partial charge in [0, 0.05) is 10.0 Å². The van der Waals surface area contributed by atoms with Crippen LogP contribution in [0.1, 0.15) is 13.3 Å². The number of para-hydroxylation sites is 1. The average Bonchev–Trinajstić information content (AvgIpc) is 2.55. The van der Waals surface area contributed by atoms with E-state index in [1.807, 2.05) is 43.3 Å². The molecule has 0 aliphatic heterocycles. The summed E-state index contributed by atoms with van der Waals surface area (Å²) in [6.45, 7) is 2.48. The van der Waals surface area contributed by atoms with Crippen LogP contribution in [0, 0.1) is 0 Å². The molecule has 0 saturated carbocycles. The minimum absolute atomic E-state index is 0.131. The van der Waals surface area contributed by atoms with Crippen molar-refractivity contribution >= 4 is 26.9 Å². The summed E-state index contributed by atoms with van der Waals surface area (Å²) in [6, 6.07) is 14.8. The van der Waals surface area contributed by atoms with Gasteiger partial charge in [-0.3, -0.25) is 4.79 Å². The van der Waals surface area contributed by atoms with Crippen LogP contribution in [0.2, 0.25) is 0 Å². The molecule has 0 atom stereocenters. The summed E-state index contributed by atoms with van der Waals surface area (Å²) in [5.41, 5.74) is 1.25. The monoisotopic (exact) mass is 358 g/mol. The van der Waals surface area contributed by atoms with Gasteiger partial charge in [-0.25, -0.2) is 0 Å². The first-order chi connectivity index (χ1) is 10.7. The van der Waals surface area contributed by atoms with E-state index in [9.17, 15) is 4.79 Å². The molecule has 0 N–H and O–H groups in total. The van der Waals surface area contributed by atoms with Gasteiger partial charge in [0.1, 0.15) is 5.58 Å². The minimum atomic E-state index is -0.131. The second-order valence-corrected chi connectivity index (χ2v) is 5.86. The van der Waals surface area contributed by atoms with Crippen molar-refractivity contribution in [2.45, 2.75) is 13.3 Å². The highest BCUT2D eigenvalue weighted by molar-refractivity contribution is 9.10. The Morgan fingerprint density at radius 1 is 1.09 bits per heavy atom. The summed E-state index contributed by atoms with van der Waals surface area (Å²) in [5.74, 6) is 0.757. The third-order valence-electron chi connectivity index (χ3n) is 3.31. The highest BCUT2D eigenvalue weighted by atomic mass is 79.9. The normalized spacial score (nSPS) is 10.8. The van der Waals surface area contributed by atoms with Gasteiger partial charge in [-0.05, 0) is 42.8 Å². The highest BCUT2D eigenvalue weighted by Gasteiger charge is 2.17. The number of fused-ring (bicyclic) bond motifs is 1. The predicted octanol–water partition coefficient (Wildman–Crippen LogP) is 5.01. The summed E-state index contributed by atoms with van der Waals surface area (Å²) in [7, 11) is 0. The van der Waals surface area contributed by atoms with Crippen molar-refractivity contribution in [3.05, 3.63) is 63.2 Å². The molecule has 4 heteroatoms. The molecular formula is C18H15BrO3. The lowest BCUT2D eigenvalue weighted by Gasteiger charge is -2.11. The number of hydrogen-bond acceptors (Lipinski definition) is 3. The summed E-state index contributed by atoms with van der Waals surface area (Å²) in [5, 5.41) is 0.537. The van der Waals surface area contributed by atoms with Crippen molar-refractivity contribution < 1.29 is 9.15 Å². The van der Waals surface area contributed by atoms with Crippen molar-refractivity contribution in [2.24, 2.45) is 0 Å². The van der Waals surface area contributed by atoms with Crippen LogP contribution >= 0.6 is 15.9 Å². The van der Waals surface area contributed by atoms with Gasteiger partial charge in [0.05, 0.1) is 12.0 Å². The Bertz CT molecular complexity index is 850. The third kappa shape index (κ3) is 2.79. The lowest BCUT2D eigenvalue weighted by atomic mass is 10.1. The Balaban J connectivity index is 2.26. The average molecular weight is 359 g/mol. The number of rotatable bonds is 4. The van der Waals surface area contributed by atoms with E-state index in [1.54, 1.807) is 12.1 Å². The molecule has 1 heterocycles. The maximum Gasteiger partial charge on any atom is 0.235 e. The van der Waals surface area contributed by atoms with E-state index in [-0.39, 0.29) is 11.2 Å². The number of hydrogen-bond donors (Lipinski definition) is 0. The van der Waals surface area contributed by atoms with E-state index in [4.69, 9.17) is 9.15 Å². The first-order valence-corrected chi connectivity index (χ1v) is 7.94. The van der Waals surface area contributed by atoms with E-state index < -0.39 is 0 Å². The van der Waals surface area contributed by atoms with Gasteiger partial charge < -0.3 is 9.15 Å². The summed E-state index contributed by atoms with van der Waals surface area (Å²) >= 11 is 3.41. The van der Waals surface area contributed by atoms with Gasteiger partial charge in [0.15, 0.2) is 5.76 Å². The van der Waals surface area contributed by atoms with Gasteiger partial charge in [0.2, 0.25) is 11.2 Å². The van der Waals surface area contributed by atoms with Crippen LogP contribution in [0.3, 0.4) is 0 Å². The number of halogens is 1. The molecule has 0 radical (unpaired) electrons. The molecule has 0 unspecified atom stereocenters. The van der Waals surface area contributed by atoms with Crippen LogP contribution in [-0.4, -0.2) is 6.61 Å². The summed E-state index contributed by atoms with van der Waals surface area (Å²) in [4.78, 5) is 12.7. The van der Waals surface area contributed by atoms with Gasteiger partial charge in [-0.2, -0.15) is 0 Å². The fourth-order valence-electron chi connectivity index (χ4n) is 2.25. The molecule has 0 aliphatic rings. The molecule has 3 nitrogen and oxygen atoms in total. The predicted molar refractivity (Wildman–Crippen MR) is 91.4 cm³/mol. The van der Waals surface area contributed by atoms with E-state index in [1.165, 1.54) is 0 Å². The van der Waals surface area contributed by atoms with Crippen LogP contribution in [0.15, 0.2) is 62.2 Å². The van der Waals surface area contributed by atoms with Crippen LogP contribution in [0.4, 0.5) is 0 Å². The van der Waals surface area contributed by atoms with Gasteiger partial charge >= 0.3 is 0 Å². The highest BCUT2D eigenvalue weighted by Crippen LogP contribution is 2.31. The number of ether oxygens (including phenoxy) is 1. The maximum atomic E-state index is 12.7. The zero-order valence-electron chi connectivity index (χ0n) is 12.1. The minimum Gasteiger partial charge on any atom is -0.486 e. The van der Waals surface area contributed by atoms with Crippen molar-refractivity contribution in [3.63, 3.8) is 0 Å². The van der Waals surface area contributed by atoms with E-state index in [0.29, 0.717) is 23.3 Å². The zero-order chi connectivity index (χ0) is 15.5. The molecule has 0 amide bonds. The molecule has 112 valence electrons. The van der Waals surface area contributed by atoms with E-state index in [0.717, 1.165) is 16.5 Å². The van der Waals surface area contributed by atoms with Gasteiger partial charge in [-0.1, -0.05) is 35.0 Å². The smallest absolute Gasteiger partial charge is 0.235 e. The van der Waals surface area contributed by atoms with E-state index in [2.05, 4.69) is 15.9 Å². The molecule has 2 aromatic carbocycles. The van der Waals surface area contributed by atoms with Crippen molar-refractivity contribution in [1.82, 2.24) is 0 Å². The molecule has 0 fully saturated rings.